The highest BCUT2D eigenvalue weighted by Gasteiger charge is 2.00. The first-order valence-electron chi connectivity index (χ1n) is 5.37. The number of nitrogens with one attached hydrogen (secondary N) is 1. The van der Waals surface area contributed by atoms with Crippen molar-refractivity contribution in [1.29, 1.82) is 0 Å². The van der Waals surface area contributed by atoms with Gasteiger partial charge in [-0.1, -0.05) is 19.1 Å². The van der Waals surface area contributed by atoms with Gasteiger partial charge in [-0.15, -0.1) is 0 Å². The molecule has 1 atom stereocenters. The molecule has 1 unspecified atom stereocenters. The van der Waals surface area contributed by atoms with E-state index in [4.69, 9.17) is 5.73 Å². The Labute approximate surface area is 90.7 Å². The first-order valence-corrected chi connectivity index (χ1v) is 5.37. The van der Waals surface area contributed by atoms with Crippen LogP contribution in [-0.2, 0) is 6.54 Å². The van der Waals surface area contributed by atoms with Gasteiger partial charge in [-0.2, -0.15) is 0 Å². The van der Waals surface area contributed by atoms with E-state index in [1.165, 1.54) is 12.1 Å². The number of rotatable bonds is 6. The molecule has 0 fully saturated rings. The Morgan fingerprint density at radius 3 is 2.60 bits per heavy atom. The predicted molar refractivity (Wildman–Crippen MR) is 60.9 cm³/mol. The summed E-state index contributed by atoms with van der Waals surface area (Å²) in [6.45, 7) is 4.65. The number of benzene rings is 1. The molecule has 0 aliphatic carbocycles. The maximum atomic E-state index is 12.6. The van der Waals surface area contributed by atoms with Crippen molar-refractivity contribution < 1.29 is 4.39 Å². The summed E-state index contributed by atoms with van der Waals surface area (Å²) < 4.78 is 12.6. The van der Waals surface area contributed by atoms with Crippen molar-refractivity contribution in [3.8, 4) is 0 Å². The van der Waals surface area contributed by atoms with E-state index in [1.54, 1.807) is 12.1 Å². The van der Waals surface area contributed by atoms with Gasteiger partial charge in [0.25, 0.3) is 0 Å². The van der Waals surface area contributed by atoms with Gasteiger partial charge in [0.1, 0.15) is 5.82 Å². The van der Waals surface area contributed by atoms with Crippen LogP contribution in [0.15, 0.2) is 24.3 Å². The first-order chi connectivity index (χ1) is 7.22. The second-order valence-corrected chi connectivity index (χ2v) is 3.94. The molecule has 15 heavy (non-hydrogen) atoms. The summed E-state index contributed by atoms with van der Waals surface area (Å²) in [5.41, 5.74) is 6.57. The third kappa shape index (κ3) is 4.91. The zero-order chi connectivity index (χ0) is 11.1. The van der Waals surface area contributed by atoms with Crippen LogP contribution in [0.5, 0.6) is 0 Å². The van der Waals surface area contributed by atoms with Gasteiger partial charge in [-0.3, -0.25) is 0 Å². The Kier molecular flexibility index (Phi) is 5.29. The molecule has 2 nitrogen and oxygen atoms in total. The van der Waals surface area contributed by atoms with Gasteiger partial charge in [-0.25, -0.2) is 4.39 Å². The highest BCUT2D eigenvalue weighted by atomic mass is 19.1. The number of hydrogen-bond donors (Lipinski definition) is 2. The number of hydrogen-bond acceptors (Lipinski definition) is 2. The van der Waals surface area contributed by atoms with Gasteiger partial charge < -0.3 is 11.1 Å². The van der Waals surface area contributed by atoms with E-state index in [0.29, 0.717) is 5.92 Å². The van der Waals surface area contributed by atoms with Crippen molar-refractivity contribution in [2.75, 3.05) is 13.1 Å². The summed E-state index contributed by atoms with van der Waals surface area (Å²) in [7, 11) is 0. The molecule has 0 aromatic heterocycles. The van der Waals surface area contributed by atoms with Crippen molar-refractivity contribution in [2.45, 2.75) is 19.9 Å². The lowest BCUT2D eigenvalue weighted by Crippen LogP contribution is -2.22. The van der Waals surface area contributed by atoms with Gasteiger partial charge in [0.2, 0.25) is 0 Å². The normalized spacial score (nSPS) is 12.7. The highest BCUT2D eigenvalue weighted by Crippen LogP contribution is 2.03. The minimum atomic E-state index is -0.185. The predicted octanol–water partition coefficient (Wildman–Crippen LogP) is 1.90. The largest absolute Gasteiger partial charge is 0.330 e. The van der Waals surface area contributed by atoms with Crippen LogP contribution in [0.3, 0.4) is 0 Å². The van der Waals surface area contributed by atoms with Crippen LogP contribution in [0.2, 0.25) is 0 Å². The molecule has 1 aromatic rings. The molecule has 1 aromatic carbocycles. The Morgan fingerprint density at radius 2 is 2.00 bits per heavy atom. The summed E-state index contributed by atoms with van der Waals surface area (Å²) in [5.74, 6) is 0.408. The van der Waals surface area contributed by atoms with Crippen LogP contribution in [0.25, 0.3) is 0 Å². The van der Waals surface area contributed by atoms with Crippen molar-refractivity contribution in [3.63, 3.8) is 0 Å². The Hall–Kier alpha value is -0.930. The topological polar surface area (TPSA) is 38.0 Å². The average Bonchev–Trinajstić information content (AvgIpc) is 2.21. The van der Waals surface area contributed by atoms with E-state index >= 15 is 0 Å². The molecule has 0 amide bonds. The highest BCUT2D eigenvalue weighted by molar-refractivity contribution is 5.15. The Morgan fingerprint density at radius 1 is 1.33 bits per heavy atom. The minimum absolute atomic E-state index is 0.185. The second-order valence-electron chi connectivity index (χ2n) is 3.94. The molecule has 1 rings (SSSR count). The quantitative estimate of drug-likeness (QED) is 0.752. The van der Waals surface area contributed by atoms with E-state index in [-0.39, 0.29) is 5.82 Å². The summed E-state index contributed by atoms with van der Waals surface area (Å²) >= 11 is 0. The maximum Gasteiger partial charge on any atom is 0.123 e. The molecule has 0 radical (unpaired) electrons. The molecule has 3 N–H and O–H groups in total. The molecule has 0 aliphatic rings. The Bertz CT molecular complexity index is 271. The van der Waals surface area contributed by atoms with Crippen molar-refractivity contribution in [3.05, 3.63) is 35.6 Å². The zero-order valence-electron chi connectivity index (χ0n) is 9.17. The lowest BCUT2D eigenvalue weighted by Gasteiger charge is -2.11. The van der Waals surface area contributed by atoms with Crippen LogP contribution in [-0.4, -0.2) is 13.1 Å². The standard InChI is InChI=1S/C12H19FN2/c1-10(6-7-14)8-15-9-11-2-4-12(13)5-3-11/h2-5,10,15H,6-9,14H2,1H3. The van der Waals surface area contributed by atoms with Crippen molar-refractivity contribution in [1.82, 2.24) is 5.32 Å². The van der Waals surface area contributed by atoms with Crippen molar-refractivity contribution in [2.24, 2.45) is 11.7 Å². The lowest BCUT2D eigenvalue weighted by molar-refractivity contribution is 0.486. The van der Waals surface area contributed by atoms with Gasteiger partial charge >= 0.3 is 0 Å². The molecule has 0 bridgehead atoms. The number of nitrogens with two attached hydrogens (primary N) is 1. The van der Waals surface area contributed by atoms with Gasteiger partial charge in [0, 0.05) is 6.54 Å². The van der Waals surface area contributed by atoms with E-state index in [0.717, 1.165) is 31.6 Å². The fraction of sp³-hybridized carbons (Fsp3) is 0.500. The third-order valence-corrected chi connectivity index (χ3v) is 2.39. The molecule has 0 aliphatic heterocycles. The molecule has 0 saturated heterocycles. The summed E-state index contributed by atoms with van der Waals surface area (Å²) in [6, 6.07) is 6.58. The summed E-state index contributed by atoms with van der Waals surface area (Å²) in [6.07, 6.45) is 1.04. The second kappa shape index (κ2) is 6.53. The molecular formula is C12H19FN2. The van der Waals surface area contributed by atoms with Gasteiger partial charge in [0.15, 0.2) is 0 Å². The van der Waals surface area contributed by atoms with Crippen LogP contribution in [0.1, 0.15) is 18.9 Å². The van der Waals surface area contributed by atoms with Crippen molar-refractivity contribution >= 4 is 0 Å². The zero-order valence-corrected chi connectivity index (χ0v) is 9.17. The number of halogens is 1. The monoisotopic (exact) mass is 210 g/mol. The van der Waals surface area contributed by atoms with E-state index in [9.17, 15) is 4.39 Å². The van der Waals surface area contributed by atoms with E-state index in [2.05, 4.69) is 12.2 Å². The summed E-state index contributed by atoms with van der Waals surface area (Å²) in [4.78, 5) is 0. The van der Waals surface area contributed by atoms with Crippen LogP contribution < -0.4 is 11.1 Å². The summed E-state index contributed by atoms with van der Waals surface area (Å²) in [5, 5.41) is 3.33. The molecule has 84 valence electrons. The Balaban J connectivity index is 2.22. The molecular weight excluding hydrogens is 191 g/mol. The molecule has 0 spiro atoms. The molecule has 0 saturated carbocycles. The molecule has 0 heterocycles. The third-order valence-electron chi connectivity index (χ3n) is 2.39. The minimum Gasteiger partial charge on any atom is -0.330 e. The SMILES string of the molecule is CC(CCN)CNCc1ccc(F)cc1. The lowest BCUT2D eigenvalue weighted by atomic mass is 10.1. The maximum absolute atomic E-state index is 12.6. The average molecular weight is 210 g/mol. The fourth-order valence-electron chi connectivity index (χ4n) is 1.45. The fourth-order valence-corrected chi connectivity index (χ4v) is 1.45. The van der Waals surface area contributed by atoms with Gasteiger partial charge in [0.05, 0.1) is 0 Å². The first kappa shape index (κ1) is 12.1. The van der Waals surface area contributed by atoms with Crippen LogP contribution in [0, 0.1) is 11.7 Å². The van der Waals surface area contributed by atoms with E-state index < -0.39 is 0 Å². The van der Waals surface area contributed by atoms with Gasteiger partial charge in [-0.05, 0) is 43.1 Å². The van der Waals surface area contributed by atoms with Crippen LogP contribution in [0.4, 0.5) is 4.39 Å². The van der Waals surface area contributed by atoms with E-state index in [1.807, 2.05) is 0 Å². The van der Waals surface area contributed by atoms with Crippen LogP contribution >= 0.6 is 0 Å². The molecule has 3 heteroatoms. The smallest absolute Gasteiger partial charge is 0.123 e.